The molecule has 0 saturated heterocycles. The lowest BCUT2D eigenvalue weighted by Gasteiger charge is -2.02. The highest BCUT2D eigenvalue weighted by Gasteiger charge is 2.04. The van der Waals surface area contributed by atoms with Gasteiger partial charge in [0.25, 0.3) is 5.69 Å². The highest BCUT2D eigenvalue weighted by Crippen LogP contribution is 2.12. The molecule has 0 aromatic heterocycles. The van der Waals surface area contributed by atoms with Crippen molar-refractivity contribution in [2.45, 2.75) is 20.0 Å². The molecule has 80 valence electrons. The van der Waals surface area contributed by atoms with E-state index in [9.17, 15) is 14.9 Å². The predicted octanol–water partition coefficient (Wildman–Crippen LogP) is 2.05. The number of ether oxygens (including phenoxy) is 1. The summed E-state index contributed by atoms with van der Waals surface area (Å²) in [7, 11) is 0. The Kier molecular flexibility index (Phi) is 3.79. The quantitative estimate of drug-likeness (QED) is 0.432. The van der Waals surface area contributed by atoms with Crippen molar-refractivity contribution >= 4 is 11.7 Å². The van der Waals surface area contributed by atoms with Crippen molar-refractivity contribution in [3.63, 3.8) is 0 Å². The molecular formula is C10H11NO4. The normalized spacial score (nSPS) is 9.67. The Morgan fingerprint density at radius 2 is 2.00 bits per heavy atom. The van der Waals surface area contributed by atoms with Gasteiger partial charge in [0.1, 0.15) is 6.61 Å². The number of esters is 1. The van der Waals surface area contributed by atoms with Crippen molar-refractivity contribution in [1.82, 2.24) is 0 Å². The number of hydrogen-bond donors (Lipinski definition) is 0. The molecule has 0 atom stereocenters. The van der Waals surface area contributed by atoms with Gasteiger partial charge in [0, 0.05) is 18.6 Å². The van der Waals surface area contributed by atoms with Gasteiger partial charge in [0.15, 0.2) is 0 Å². The van der Waals surface area contributed by atoms with Crippen LogP contribution in [0.5, 0.6) is 0 Å². The molecule has 0 unspecified atom stereocenters. The van der Waals surface area contributed by atoms with E-state index in [1.165, 1.54) is 12.1 Å². The maximum Gasteiger partial charge on any atom is 0.305 e. The molecule has 15 heavy (non-hydrogen) atoms. The van der Waals surface area contributed by atoms with Crippen LogP contribution in [0.1, 0.15) is 18.9 Å². The van der Waals surface area contributed by atoms with Crippen LogP contribution in [0.15, 0.2) is 24.3 Å². The van der Waals surface area contributed by atoms with Gasteiger partial charge >= 0.3 is 5.97 Å². The molecule has 0 aliphatic carbocycles. The van der Waals surface area contributed by atoms with Gasteiger partial charge in [-0.25, -0.2) is 0 Å². The van der Waals surface area contributed by atoms with Gasteiger partial charge in [-0.15, -0.1) is 0 Å². The van der Waals surface area contributed by atoms with E-state index in [1.807, 2.05) is 0 Å². The van der Waals surface area contributed by atoms with Gasteiger partial charge in [-0.05, 0) is 17.7 Å². The number of rotatable bonds is 4. The van der Waals surface area contributed by atoms with Crippen LogP contribution >= 0.6 is 0 Å². The second-order valence-corrected chi connectivity index (χ2v) is 2.94. The molecule has 0 aliphatic rings. The van der Waals surface area contributed by atoms with E-state index in [4.69, 9.17) is 4.74 Å². The molecule has 1 aromatic rings. The Balaban J connectivity index is 2.57. The SMILES string of the molecule is CCC(=O)OCc1ccc([N+](=O)[O-])cc1. The molecule has 0 aliphatic heterocycles. The Hall–Kier alpha value is -1.91. The lowest BCUT2D eigenvalue weighted by atomic mass is 10.2. The second-order valence-electron chi connectivity index (χ2n) is 2.94. The minimum atomic E-state index is -0.470. The number of nitro benzene ring substituents is 1. The molecular weight excluding hydrogens is 198 g/mol. The molecule has 1 rings (SSSR count). The van der Waals surface area contributed by atoms with Crippen LogP contribution in [-0.4, -0.2) is 10.9 Å². The summed E-state index contributed by atoms with van der Waals surface area (Å²) in [6.45, 7) is 1.86. The fourth-order valence-electron chi connectivity index (χ4n) is 0.980. The molecule has 0 heterocycles. The molecule has 5 nitrogen and oxygen atoms in total. The topological polar surface area (TPSA) is 69.4 Å². The summed E-state index contributed by atoms with van der Waals surface area (Å²) >= 11 is 0. The van der Waals surface area contributed by atoms with Crippen molar-refractivity contribution in [3.8, 4) is 0 Å². The van der Waals surface area contributed by atoms with Crippen molar-refractivity contribution in [2.75, 3.05) is 0 Å². The number of carbonyl (C=O) groups is 1. The summed E-state index contributed by atoms with van der Waals surface area (Å²) in [5.41, 5.74) is 0.767. The van der Waals surface area contributed by atoms with Crippen LogP contribution in [0.2, 0.25) is 0 Å². The van der Waals surface area contributed by atoms with Crippen LogP contribution in [0.4, 0.5) is 5.69 Å². The van der Waals surface area contributed by atoms with Crippen LogP contribution in [0.25, 0.3) is 0 Å². The van der Waals surface area contributed by atoms with Crippen molar-refractivity contribution in [1.29, 1.82) is 0 Å². The molecule has 0 spiro atoms. The molecule has 0 radical (unpaired) electrons. The van der Waals surface area contributed by atoms with Gasteiger partial charge in [-0.1, -0.05) is 6.92 Å². The molecule has 0 bridgehead atoms. The minimum absolute atomic E-state index is 0.0283. The Morgan fingerprint density at radius 1 is 1.40 bits per heavy atom. The number of nitrogens with zero attached hydrogens (tertiary/aromatic N) is 1. The van der Waals surface area contributed by atoms with E-state index in [0.29, 0.717) is 6.42 Å². The molecule has 5 heteroatoms. The van der Waals surface area contributed by atoms with E-state index < -0.39 is 4.92 Å². The molecule has 0 fully saturated rings. The summed E-state index contributed by atoms with van der Waals surface area (Å²) in [4.78, 5) is 20.7. The van der Waals surface area contributed by atoms with Crippen molar-refractivity contribution < 1.29 is 14.5 Å². The first kappa shape index (κ1) is 11.2. The first-order chi connectivity index (χ1) is 7.13. The van der Waals surface area contributed by atoms with E-state index in [0.717, 1.165) is 5.56 Å². The van der Waals surface area contributed by atoms with Crippen LogP contribution in [0, 0.1) is 10.1 Å². The first-order valence-corrected chi connectivity index (χ1v) is 4.52. The van der Waals surface area contributed by atoms with Gasteiger partial charge < -0.3 is 4.74 Å². The van der Waals surface area contributed by atoms with Crippen molar-refractivity contribution in [2.24, 2.45) is 0 Å². The standard InChI is InChI=1S/C10H11NO4/c1-2-10(12)15-7-8-3-5-9(6-4-8)11(13)14/h3-6H,2,7H2,1H3. The Morgan fingerprint density at radius 3 is 2.47 bits per heavy atom. The summed E-state index contributed by atoms with van der Waals surface area (Å²) in [5, 5.41) is 10.3. The van der Waals surface area contributed by atoms with Gasteiger partial charge in [0.2, 0.25) is 0 Å². The number of hydrogen-bond acceptors (Lipinski definition) is 4. The molecule has 0 amide bonds. The highest BCUT2D eigenvalue weighted by atomic mass is 16.6. The third-order valence-corrected chi connectivity index (χ3v) is 1.84. The van der Waals surface area contributed by atoms with E-state index >= 15 is 0 Å². The summed E-state index contributed by atoms with van der Waals surface area (Å²) < 4.78 is 4.87. The predicted molar refractivity (Wildman–Crippen MR) is 53.2 cm³/mol. The lowest BCUT2D eigenvalue weighted by Crippen LogP contribution is -2.02. The summed E-state index contributed by atoms with van der Waals surface area (Å²) in [6, 6.07) is 5.91. The summed E-state index contributed by atoms with van der Waals surface area (Å²) in [6.07, 6.45) is 0.326. The second kappa shape index (κ2) is 5.09. The van der Waals surface area contributed by atoms with E-state index in [1.54, 1.807) is 19.1 Å². The monoisotopic (exact) mass is 209 g/mol. The number of carbonyl (C=O) groups excluding carboxylic acids is 1. The third kappa shape index (κ3) is 3.38. The average Bonchev–Trinajstić information content (AvgIpc) is 2.26. The number of benzene rings is 1. The first-order valence-electron chi connectivity index (χ1n) is 4.52. The summed E-state index contributed by atoms with van der Waals surface area (Å²) in [5.74, 6) is -0.284. The lowest BCUT2D eigenvalue weighted by molar-refractivity contribution is -0.384. The Bertz CT molecular complexity index is 358. The molecule has 1 aromatic carbocycles. The van der Waals surface area contributed by atoms with Crippen LogP contribution in [-0.2, 0) is 16.1 Å². The smallest absolute Gasteiger partial charge is 0.305 e. The fourth-order valence-corrected chi connectivity index (χ4v) is 0.980. The molecule has 0 saturated carbocycles. The van der Waals surface area contributed by atoms with Crippen LogP contribution < -0.4 is 0 Å². The molecule has 0 N–H and O–H groups in total. The largest absolute Gasteiger partial charge is 0.461 e. The van der Waals surface area contributed by atoms with Gasteiger partial charge in [0.05, 0.1) is 4.92 Å². The zero-order valence-electron chi connectivity index (χ0n) is 8.30. The Labute approximate surface area is 86.8 Å². The zero-order chi connectivity index (χ0) is 11.3. The van der Waals surface area contributed by atoms with Gasteiger partial charge in [-0.3, -0.25) is 14.9 Å². The van der Waals surface area contributed by atoms with Crippen LogP contribution in [0.3, 0.4) is 0 Å². The fraction of sp³-hybridized carbons (Fsp3) is 0.300. The van der Waals surface area contributed by atoms with Gasteiger partial charge in [-0.2, -0.15) is 0 Å². The highest BCUT2D eigenvalue weighted by molar-refractivity contribution is 5.68. The number of non-ortho nitro benzene ring substituents is 1. The number of nitro groups is 1. The zero-order valence-corrected chi connectivity index (χ0v) is 8.30. The van der Waals surface area contributed by atoms with E-state index in [2.05, 4.69) is 0 Å². The third-order valence-electron chi connectivity index (χ3n) is 1.84. The maximum absolute atomic E-state index is 10.8. The minimum Gasteiger partial charge on any atom is -0.461 e. The van der Waals surface area contributed by atoms with E-state index in [-0.39, 0.29) is 18.3 Å². The average molecular weight is 209 g/mol. The van der Waals surface area contributed by atoms with Crippen molar-refractivity contribution in [3.05, 3.63) is 39.9 Å². The maximum atomic E-state index is 10.8.